The van der Waals surface area contributed by atoms with Crippen molar-refractivity contribution in [3.8, 4) is 0 Å². The highest BCUT2D eigenvalue weighted by atomic mass is 32.1. The van der Waals surface area contributed by atoms with Crippen molar-refractivity contribution < 1.29 is 22.8 Å². The monoisotopic (exact) mass is 379 g/mol. The standard InChI is InChI=1S/C17H12F3N3O2S/c18-17(19,20)8-21-15(24)10-2-1-3-12(6-10)23-16(25)11-4-5-13-14(7-11)26-9-22-13/h1-7,9H,8H2,(H,21,24)(H,23,25). The number of carbonyl (C=O) groups is 2. The van der Waals surface area contributed by atoms with Crippen LogP contribution in [0, 0.1) is 0 Å². The Hall–Kier alpha value is -2.94. The highest BCUT2D eigenvalue weighted by molar-refractivity contribution is 7.16. The Bertz CT molecular complexity index is 969. The number of fused-ring (bicyclic) bond motifs is 1. The molecule has 1 heterocycles. The maximum absolute atomic E-state index is 12.3. The van der Waals surface area contributed by atoms with Crippen LogP contribution in [0.15, 0.2) is 48.0 Å². The lowest BCUT2D eigenvalue weighted by atomic mass is 10.1. The first-order valence-corrected chi connectivity index (χ1v) is 8.29. The Morgan fingerprint density at radius 1 is 1.04 bits per heavy atom. The van der Waals surface area contributed by atoms with Gasteiger partial charge in [0.1, 0.15) is 6.54 Å². The van der Waals surface area contributed by atoms with E-state index in [4.69, 9.17) is 0 Å². The zero-order valence-corrected chi connectivity index (χ0v) is 13.9. The summed E-state index contributed by atoms with van der Waals surface area (Å²) in [6.07, 6.45) is -4.49. The number of carbonyl (C=O) groups excluding carboxylic acids is 2. The highest BCUT2D eigenvalue weighted by Gasteiger charge is 2.27. The molecule has 0 aliphatic heterocycles. The van der Waals surface area contributed by atoms with Crippen molar-refractivity contribution in [1.29, 1.82) is 0 Å². The molecule has 134 valence electrons. The molecule has 26 heavy (non-hydrogen) atoms. The molecule has 0 bridgehead atoms. The second-order valence-corrected chi connectivity index (χ2v) is 6.25. The third kappa shape index (κ3) is 4.37. The zero-order valence-electron chi connectivity index (χ0n) is 13.1. The first-order chi connectivity index (χ1) is 12.3. The molecule has 2 amide bonds. The third-order valence-electron chi connectivity index (χ3n) is 3.43. The Kier molecular flexibility index (Phi) is 4.90. The smallest absolute Gasteiger partial charge is 0.343 e. The van der Waals surface area contributed by atoms with Gasteiger partial charge in [-0.2, -0.15) is 13.2 Å². The summed E-state index contributed by atoms with van der Waals surface area (Å²) in [6, 6.07) is 10.7. The van der Waals surface area contributed by atoms with Crippen LogP contribution in [0.3, 0.4) is 0 Å². The van der Waals surface area contributed by atoms with Crippen molar-refractivity contribution in [3.05, 3.63) is 59.1 Å². The van der Waals surface area contributed by atoms with Gasteiger partial charge in [-0.15, -0.1) is 11.3 Å². The predicted molar refractivity (Wildman–Crippen MR) is 92.4 cm³/mol. The number of halogens is 3. The fraction of sp³-hybridized carbons (Fsp3) is 0.118. The summed E-state index contributed by atoms with van der Waals surface area (Å²) >= 11 is 1.40. The van der Waals surface area contributed by atoms with Crippen LogP contribution in [-0.2, 0) is 0 Å². The van der Waals surface area contributed by atoms with Crippen molar-refractivity contribution in [2.75, 3.05) is 11.9 Å². The Labute approximate surface area is 149 Å². The van der Waals surface area contributed by atoms with Crippen molar-refractivity contribution in [2.24, 2.45) is 0 Å². The van der Waals surface area contributed by atoms with Crippen molar-refractivity contribution in [3.63, 3.8) is 0 Å². The van der Waals surface area contributed by atoms with Crippen LogP contribution in [0.2, 0.25) is 0 Å². The lowest BCUT2D eigenvalue weighted by Crippen LogP contribution is -2.33. The van der Waals surface area contributed by atoms with E-state index in [2.05, 4.69) is 10.3 Å². The fourth-order valence-electron chi connectivity index (χ4n) is 2.22. The maximum atomic E-state index is 12.3. The molecule has 5 nitrogen and oxygen atoms in total. The molecule has 0 atom stereocenters. The van der Waals surface area contributed by atoms with E-state index in [9.17, 15) is 22.8 Å². The van der Waals surface area contributed by atoms with Crippen LogP contribution in [0.25, 0.3) is 10.2 Å². The number of anilines is 1. The summed E-state index contributed by atoms with van der Waals surface area (Å²) in [6.45, 7) is -1.42. The molecule has 3 aromatic rings. The van der Waals surface area contributed by atoms with Crippen LogP contribution >= 0.6 is 11.3 Å². The third-order valence-corrected chi connectivity index (χ3v) is 4.22. The molecular weight excluding hydrogens is 367 g/mol. The number of alkyl halides is 3. The van der Waals surface area contributed by atoms with Crippen LogP contribution in [0.5, 0.6) is 0 Å². The molecule has 0 fully saturated rings. The first-order valence-electron chi connectivity index (χ1n) is 7.41. The quantitative estimate of drug-likeness (QED) is 0.724. The summed E-state index contributed by atoms with van der Waals surface area (Å²) in [5.74, 6) is -1.27. The van der Waals surface area contributed by atoms with E-state index in [0.717, 1.165) is 10.2 Å². The topological polar surface area (TPSA) is 71.1 Å². The van der Waals surface area contributed by atoms with E-state index in [1.807, 2.05) is 0 Å². The number of aromatic nitrogens is 1. The molecule has 2 aromatic carbocycles. The lowest BCUT2D eigenvalue weighted by molar-refractivity contribution is -0.123. The first kappa shape index (κ1) is 17.9. The van der Waals surface area contributed by atoms with Gasteiger partial charge in [-0.05, 0) is 36.4 Å². The summed E-state index contributed by atoms with van der Waals surface area (Å²) < 4.78 is 37.4. The number of rotatable bonds is 4. The van der Waals surface area contributed by atoms with Gasteiger partial charge in [0.15, 0.2) is 0 Å². The van der Waals surface area contributed by atoms with Gasteiger partial charge in [-0.1, -0.05) is 6.07 Å². The number of nitrogens with zero attached hydrogens (tertiary/aromatic N) is 1. The summed E-state index contributed by atoms with van der Waals surface area (Å²) in [5.41, 5.74) is 3.20. The maximum Gasteiger partial charge on any atom is 0.405 e. The molecule has 0 unspecified atom stereocenters. The van der Waals surface area contributed by atoms with Gasteiger partial charge in [0.25, 0.3) is 11.8 Å². The van der Waals surface area contributed by atoms with E-state index in [-0.39, 0.29) is 5.56 Å². The average Bonchev–Trinajstić information content (AvgIpc) is 3.07. The summed E-state index contributed by atoms with van der Waals surface area (Å²) in [4.78, 5) is 28.3. The number of thiazole rings is 1. The van der Waals surface area contributed by atoms with Crippen LogP contribution < -0.4 is 10.6 Å². The van der Waals surface area contributed by atoms with Crippen molar-refractivity contribution in [1.82, 2.24) is 10.3 Å². The van der Waals surface area contributed by atoms with E-state index in [1.165, 1.54) is 29.5 Å². The van der Waals surface area contributed by atoms with E-state index in [0.29, 0.717) is 11.3 Å². The molecule has 1 aromatic heterocycles. The molecule has 0 aliphatic carbocycles. The minimum Gasteiger partial charge on any atom is -0.343 e. The number of benzene rings is 2. The molecule has 0 spiro atoms. The number of hydrogen-bond acceptors (Lipinski definition) is 4. The van der Waals surface area contributed by atoms with Gasteiger partial charge in [0, 0.05) is 16.8 Å². The molecule has 9 heteroatoms. The van der Waals surface area contributed by atoms with Gasteiger partial charge in [-0.3, -0.25) is 9.59 Å². The summed E-state index contributed by atoms with van der Waals surface area (Å²) in [7, 11) is 0. The zero-order chi connectivity index (χ0) is 18.7. The van der Waals surface area contributed by atoms with Gasteiger partial charge >= 0.3 is 6.18 Å². The van der Waals surface area contributed by atoms with E-state index in [1.54, 1.807) is 35.1 Å². The minimum absolute atomic E-state index is 0.0185. The lowest BCUT2D eigenvalue weighted by Gasteiger charge is -2.10. The van der Waals surface area contributed by atoms with Gasteiger partial charge in [0.05, 0.1) is 15.7 Å². The molecule has 3 rings (SSSR count). The minimum atomic E-state index is -4.49. The Morgan fingerprint density at radius 3 is 2.58 bits per heavy atom. The van der Waals surface area contributed by atoms with E-state index < -0.39 is 24.5 Å². The number of hydrogen-bond donors (Lipinski definition) is 2. The van der Waals surface area contributed by atoms with Gasteiger partial charge in [0.2, 0.25) is 0 Å². The highest BCUT2D eigenvalue weighted by Crippen LogP contribution is 2.20. The van der Waals surface area contributed by atoms with Crippen molar-refractivity contribution >= 4 is 39.1 Å². The molecule has 0 saturated heterocycles. The van der Waals surface area contributed by atoms with E-state index >= 15 is 0 Å². The largest absolute Gasteiger partial charge is 0.405 e. The molecule has 0 saturated carbocycles. The SMILES string of the molecule is O=C(NCC(F)(F)F)c1cccc(NC(=O)c2ccc3ncsc3c2)c1. The van der Waals surface area contributed by atoms with Crippen LogP contribution in [-0.4, -0.2) is 29.5 Å². The molecule has 0 aliphatic rings. The number of amides is 2. The fourth-order valence-corrected chi connectivity index (χ4v) is 2.94. The number of nitrogens with one attached hydrogen (secondary N) is 2. The molecular formula is C17H12F3N3O2S. The van der Waals surface area contributed by atoms with Gasteiger partial charge < -0.3 is 10.6 Å². The average molecular weight is 379 g/mol. The van der Waals surface area contributed by atoms with Gasteiger partial charge in [-0.25, -0.2) is 4.98 Å². The predicted octanol–water partition coefficient (Wildman–Crippen LogP) is 3.84. The second kappa shape index (κ2) is 7.12. The second-order valence-electron chi connectivity index (χ2n) is 5.37. The molecule has 0 radical (unpaired) electrons. The normalized spacial score (nSPS) is 11.3. The Balaban J connectivity index is 1.71. The molecule has 2 N–H and O–H groups in total. The Morgan fingerprint density at radius 2 is 1.81 bits per heavy atom. The van der Waals surface area contributed by atoms with Crippen LogP contribution in [0.4, 0.5) is 18.9 Å². The van der Waals surface area contributed by atoms with Crippen LogP contribution in [0.1, 0.15) is 20.7 Å². The summed E-state index contributed by atoms with van der Waals surface area (Å²) in [5, 5.41) is 4.41. The van der Waals surface area contributed by atoms with Crippen molar-refractivity contribution in [2.45, 2.75) is 6.18 Å².